The maximum Gasteiger partial charge on any atom is 0.0327 e. The normalized spacial score (nSPS) is 12.9. The van der Waals surface area contributed by atoms with Crippen molar-refractivity contribution in [2.24, 2.45) is 0 Å². The molecule has 2 rings (SSSR count). The van der Waals surface area contributed by atoms with Gasteiger partial charge in [0.25, 0.3) is 0 Å². The van der Waals surface area contributed by atoms with Crippen LogP contribution in [0.3, 0.4) is 0 Å². The van der Waals surface area contributed by atoms with Gasteiger partial charge in [-0.1, -0.05) is 0 Å². The van der Waals surface area contributed by atoms with Gasteiger partial charge in [-0.05, 0) is 59.8 Å². The molecule has 0 spiro atoms. The van der Waals surface area contributed by atoms with E-state index in [2.05, 4.69) is 59.5 Å². The van der Waals surface area contributed by atoms with Crippen LogP contribution < -0.4 is 5.32 Å². The minimum absolute atomic E-state index is 0.411. The van der Waals surface area contributed by atoms with Gasteiger partial charge in [-0.25, -0.2) is 0 Å². The second-order valence-corrected chi connectivity index (χ2v) is 7.48. The van der Waals surface area contributed by atoms with E-state index >= 15 is 0 Å². The van der Waals surface area contributed by atoms with Crippen molar-refractivity contribution < 1.29 is 0 Å². The molecule has 2 aromatic heterocycles. The van der Waals surface area contributed by atoms with Gasteiger partial charge in [0.2, 0.25) is 0 Å². The third-order valence-corrected chi connectivity index (χ3v) is 5.71. The van der Waals surface area contributed by atoms with Gasteiger partial charge in [-0.2, -0.15) is 0 Å². The number of nitrogens with one attached hydrogen (secondary N) is 1. The van der Waals surface area contributed by atoms with E-state index in [1.54, 1.807) is 11.3 Å². The molecule has 0 saturated heterocycles. The summed E-state index contributed by atoms with van der Waals surface area (Å²) in [6, 6.07) is 4.81. The van der Waals surface area contributed by atoms with Crippen molar-refractivity contribution in [3.8, 4) is 0 Å². The van der Waals surface area contributed by atoms with Crippen LogP contribution in [0.1, 0.15) is 33.2 Å². The van der Waals surface area contributed by atoms with Crippen molar-refractivity contribution in [3.63, 3.8) is 0 Å². The number of rotatable bonds is 4. The highest BCUT2D eigenvalue weighted by Crippen LogP contribution is 2.27. The molecule has 1 nitrogen and oxygen atoms in total. The summed E-state index contributed by atoms with van der Waals surface area (Å²) in [6.07, 6.45) is 0. The fourth-order valence-corrected chi connectivity index (χ4v) is 4.35. The molecule has 0 saturated carbocycles. The van der Waals surface area contributed by atoms with Crippen molar-refractivity contribution in [2.45, 2.75) is 33.4 Å². The number of aryl methyl sites for hydroxylation is 2. The summed E-state index contributed by atoms with van der Waals surface area (Å²) in [6.45, 7) is 7.53. The lowest BCUT2D eigenvalue weighted by molar-refractivity contribution is 0.577. The molecule has 0 radical (unpaired) electrons. The second-order valence-electron chi connectivity index (χ2n) is 4.16. The molecule has 2 aromatic rings. The summed E-state index contributed by atoms with van der Waals surface area (Å²) >= 11 is 7.23. The van der Waals surface area contributed by atoms with Gasteiger partial charge in [0.05, 0.1) is 0 Å². The third kappa shape index (κ3) is 3.19. The minimum atomic E-state index is 0.411. The summed E-state index contributed by atoms with van der Waals surface area (Å²) in [7, 11) is 0. The second kappa shape index (κ2) is 5.65. The average Bonchev–Trinajstić information content (AvgIpc) is 2.81. The number of hydrogen-bond acceptors (Lipinski definition) is 3. The molecule has 2 heterocycles. The monoisotopic (exact) mass is 329 g/mol. The van der Waals surface area contributed by atoms with Gasteiger partial charge >= 0.3 is 0 Å². The molecule has 1 N–H and O–H groups in total. The van der Waals surface area contributed by atoms with Crippen molar-refractivity contribution >= 4 is 38.6 Å². The van der Waals surface area contributed by atoms with Crippen LogP contribution >= 0.6 is 38.6 Å². The Kier molecular flexibility index (Phi) is 4.42. The molecule has 0 aromatic carbocycles. The standard InChI is InChI=1S/C13H16BrNS2/c1-8-6-11(10(3)17-8)9(2)15-7-13-12(14)4-5-16-13/h4-6,9,15H,7H2,1-3H3. The van der Waals surface area contributed by atoms with Crippen LogP contribution in [-0.4, -0.2) is 0 Å². The molecule has 0 fully saturated rings. The van der Waals surface area contributed by atoms with E-state index in [-0.39, 0.29) is 0 Å². The number of thiophene rings is 2. The van der Waals surface area contributed by atoms with E-state index in [0.717, 1.165) is 6.54 Å². The molecule has 0 aliphatic carbocycles. The quantitative estimate of drug-likeness (QED) is 0.828. The van der Waals surface area contributed by atoms with Crippen molar-refractivity contribution in [1.82, 2.24) is 5.32 Å². The highest BCUT2D eigenvalue weighted by Gasteiger charge is 2.11. The average molecular weight is 330 g/mol. The first-order valence-electron chi connectivity index (χ1n) is 5.60. The summed E-state index contributed by atoms with van der Waals surface area (Å²) in [5.74, 6) is 0. The van der Waals surface area contributed by atoms with Crippen molar-refractivity contribution in [3.05, 3.63) is 42.2 Å². The zero-order valence-electron chi connectivity index (χ0n) is 10.2. The Bertz CT molecular complexity index is 501. The summed E-state index contributed by atoms with van der Waals surface area (Å²) in [4.78, 5) is 4.18. The fraction of sp³-hybridized carbons (Fsp3) is 0.385. The summed E-state index contributed by atoms with van der Waals surface area (Å²) in [5, 5.41) is 5.70. The maximum atomic E-state index is 3.58. The van der Waals surface area contributed by atoms with E-state index in [0.29, 0.717) is 6.04 Å². The van der Waals surface area contributed by atoms with E-state index in [1.165, 1.54) is 24.7 Å². The lowest BCUT2D eigenvalue weighted by Gasteiger charge is -2.13. The Morgan fingerprint density at radius 3 is 2.71 bits per heavy atom. The molecule has 4 heteroatoms. The predicted molar refractivity (Wildman–Crippen MR) is 81.1 cm³/mol. The minimum Gasteiger partial charge on any atom is -0.305 e. The zero-order chi connectivity index (χ0) is 12.4. The van der Waals surface area contributed by atoms with Crippen LogP contribution in [0.2, 0.25) is 0 Å². The maximum absolute atomic E-state index is 3.58. The Morgan fingerprint density at radius 1 is 1.41 bits per heavy atom. The molecule has 0 amide bonds. The third-order valence-electron chi connectivity index (χ3n) is 2.81. The van der Waals surface area contributed by atoms with Gasteiger partial charge in [0.15, 0.2) is 0 Å². The number of hydrogen-bond donors (Lipinski definition) is 1. The number of halogens is 1. The van der Waals surface area contributed by atoms with Crippen LogP contribution in [0.15, 0.2) is 22.0 Å². The first-order valence-corrected chi connectivity index (χ1v) is 8.09. The molecule has 0 aliphatic rings. The SMILES string of the molecule is Cc1cc(C(C)NCc2sccc2Br)c(C)s1. The van der Waals surface area contributed by atoms with Crippen LogP contribution in [0, 0.1) is 13.8 Å². The van der Waals surface area contributed by atoms with Gasteiger partial charge in [-0.15, -0.1) is 22.7 Å². The molecular formula is C13H16BrNS2. The van der Waals surface area contributed by atoms with Gasteiger partial charge < -0.3 is 5.32 Å². The van der Waals surface area contributed by atoms with Crippen LogP contribution in [-0.2, 0) is 6.54 Å². The predicted octanol–water partition coefficient (Wildman–Crippen LogP) is 5.04. The van der Waals surface area contributed by atoms with E-state index in [9.17, 15) is 0 Å². The first kappa shape index (κ1) is 13.3. The molecule has 92 valence electrons. The lowest BCUT2D eigenvalue weighted by Crippen LogP contribution is -2.17. The Hall–Kier alpha value is -0.160. The molecule has 0 bridgehead atoms. The first-order chi connectivity index (χ1) is 8.08. The highest BCUT2D eigenvalue weighted by molar-refractivity contribution is 9.10. The lowest BCUT2D eigenvalue weighted by atomic mass is 10.1. The van der Waals surface area contributed by atoms with Crippen LogP contribution in [0.25, 0.3) is 0 Å². The highest BCUT2D eigenvalue weighted by atomic mass is 79.9. The van der Waals surface area contributed by atoms with Crippen molar-refractivity contribution in [1.29, 1.82) is 0 Å². The molecular weight excluding hydrogens is 314 g/mol. The van der Waals surface area contributed by atoms with E-state index in [4.69, 9.17) is 0 Å². The van der Waals surface area contributed by atoms with Gasteiger partial charge in [0, 0.05) is 31.7 Å². The van der Waals surface area contributed by atoms with E-state index < -0.39 is 0 Å². The fourth-order valence-electron chi connectivity index (χ4n) is 1.89. The molecule has 17 heavy (non-hydrogen) atoms. The Balaban J connectivity index is 2.00. The zero-order valence-corrected chi connectivity index (χ0v) is 13.4. The summed E-state index contributed by atoms with van der Waals surface area (Å²) < 4.78 is 1.21. The largest absolute Gasteiger partial charge is 0.305 e. The Labute approximate surface area is 119 Å². The van der Waals surface area contributed by atoms with E-state index in [1.807, 2.05) is 11.3 Å². The molecule has 0 aliphatic heterocycles. The Morgan fingerprint density at radius 2 is 2.18 bits per heavy atom. The topological polar surface area (TPSA) is 12.0 Å². The smallest absolute Gasteiger partial charge is 0.0327 e. The van der Waals surface area contributed by atoms with Crippen LogP contribution in [0.4, 0.5) is 0 Å². The summed E-state index contributed by atoms with van der Waals surface area (Å²) in [5.41, 5.74) is 1.43. The molecule has 1 unspecified atom stereocenters. The van der Waals surface area contributed by atoms with Crippen LogP contribution in [0.5, 0.6) is 0 Å². The molecule has 1 atom stereocenters. The van der Waals surface area contributed by atoms with Gasteiger partial charge in [-0.3, -0.25) is 0 Å². The van der Waals surface area contributed by atoms with Crippen molar-refractivity contribution in [2.75, 3.05) is 0 Å². The van der Waals surface area contributed by atoms with Gasteiger partial charge in [0.1, 0.15) is 0 Å².